The summed E-state index contributed by atoms with van der Waals surface area (Å²) in [5.41, 5.74) is 9.07. The van der Waals surface area contributed by atoms with Gasteiger partial charge in [-0.2, -0.15) is 0 Å². The number of hydrogen-bond acceptors (Lipinski definition) is 7. The molecule has 1 aliphatic rings. The van der Waals surface area contributed by atoms with Gasteiger partial charge in [0, 0.05) is 23.3 Å². The predicted octanol–water partition coefficient (Wildman–Crippen LogP) is 4.49. The summed E-state index contributed by atoms with van der Waals surface area (Å²) in [5.74, 6) is 1.64. The Hall–Kier alpha value is -3.59. The van der Waals surface area contributed by atoms with Gasteiger partial charge in [-0.3, -0.25) is 9.78 Å². The zero-order chi connectivity index (χ0) is 23.7. The molecule has 1 aromatic carbocycles. The first-order valence-corrected chi connectivity index (χ1v) is 11.8. The minimum atomic E-state index is -0.366. The number of fused-ring (bicyclic) bond motifs is 2. The Bertz CT molecular complexity index is 1360. The minimum Gasteiger partial charge on any atom is -0.492 e. The van der Waals surface area contributed by atoms with Crippen molar-refractivity contribution in [1.29, 1.82) is 0 Å². The van der Waals surface area contributed by atoms with Gasteiger partial charge in [0.25, 0.3) is 5.91 Å². The lowest BCUT2D eigenvalue weighted by Gasteiger charge is -2.29. The van der Waals surface area contributed by atoms with Gasteiger partial charge >= 0.3 is 0 Å². The number of hydrogen-bond donors (Lipinski definition) is 1. The third-order valence-electron chi connectivity index (χ3n) is 5.92. The highest BCUT2D eigenvalue weighted by Crippen LogP contribution is 2.28. The number of aromatic nitrogens is 4. The van der Waals surface area contributed by atoms with Crippen molar-refractivity contribution in [3.63, 3.8) is 0 Å². The Balaban J connectivity index is 1.51. The number of nitrogen functional groups attached to an aromatic ring is 1. The molecule has 0 radical (unpaired) electrons. The number of anilines is 1. The number of halogens is 1. The van der Waals surface area contributed by atoms with Gasteiger partial charge in [-0.25, -0.2) is 15.0 Å². The first-order valence-electron chi connectivity index (χ1n) is 11.0. The summed E-state index contributed by atoms with van der Waals surface area (Å²) in [5, 5.41) is 0.819. The second-order valence-electron chi connectivity index (χ2n) is 8.21. The van der Waals surface area contributed by atoms with Crippen molar-refractivity contribution in [2.45, 2.75) is 32.4 Å². The van der Waals surface area contributed by atoms with E-state index in [1.54, 1.807) is 35.6 Å². The number of nitrogens with two attached hydrogens (primary N) is 1. The molecule has 1 amide bonds. The number of nitrogens with zero attached hydrogens (tertiary/aromatic N) is 5. The highest BCUT2D eigenvalue weighted by Gasteiger charge is 2.26. The molecule has 4 heterocycles. The van der Waals surface area contributed by atoms with E-state index < -0.39 is 0 Å². The van der Waals surface area contributed by atoms with Crippen LogP contribution < -0.4 is 10.5 Å². The second-order valence-corrected chi connectivity index (χ2v) is 9.07. The van der Waals surface area contributed by atoms with Crippen molar-refractivity contribution in [2.75, 3.05) is 12.3 Å². The number of rotatable bonds is 5. The largest absolute Gasteiger partial charge is 0.492 e. The van der Waals surface area contributed by atoms with Crippen LogP contribution in [0, 0.1) is 0 Å². The van der Waals surface area contributed by atoms with Crippen LogP contribution in [-0.2, 0) is 13.0 Å². The van der Waals surface area contributed by atoms with Gasteiger partial charge in [-0.05, 0) is 77.7 Å². The van der Waals surface area contributed by atoms with Crippen LogP contribution in [-0.4, -0.2) is 37.3 Å². The van der Waals surface area contributed by atoms with Crippen LogP contribution in [0.3, 0.4) is 0 Å². The first kappa shape index (κ1) is 22.2. The van der Waals surface area contributed by atoms with E-state index in [1.807, 2.05) is 31.2 Å². The summed E-state index contributed by atoms with van der Waals surface area (Å²) in [4.78, 5) is 33.3. The van der Waals surface area contributed by atoms with Crippen molar-refractivity contribution in [2.24, 2.45) is 0 Å². The molecule has 0 aliphatic carbocycles. The van der Waals surface area contributed by atoms with Crippen LogP contribution in [0.2, 0.25) is 0 Å². The zero-order valence-electron chi connectivity index (χ0n) is 18.6. The van der Waals surface area contributed by atoms with Crippen LogP contribution in [0.15, 0.2) is 59.5 Å². The number of pyridine rings is 2. The SMILES string of the molecule is C[C@H](c1ncccn1)N(Cc1cc2c(cn1)OCCC2)C(=O)c1ccc2nc(N)c(Br)cc2c1. The van der Waals surface area contributed by atoms with E-state index in [9.17, 15) is 4.79 Å². The Morgan fingerprint density at radius 1 is 1.21 bits per heavy atom. The van der Waals surface area contributed by atoms with Gasteiger partial charge in [0.15, 0.2) is 0 Å². The predicted molar refractivity (Wildman–Crippen MR) is 132 cm³/mol. The Kier molecular flexibility index (Phi) is 6.10. The van der Waals surface area contributed by atoms with E-state index in [0.29, 0.717) is 34.8 Å². The summed E-state index contributed by atoms with van der Waals surface area (Å²) in [6.07, 6.45) is 7.02. The Morgan fingerprint density at radius 2 is 2.03 bits per heavy atom. The van der Waals surface area contributed by atoms with Crippen LogP contribution in [0.4, 0.5) is 5.82 Å². The van der Waals surface area contributed by atoms with Crippen molar-refractivity contribution in [1.82, 2.24) is 24.8 Å². The third-order valence-corrected chi connectivity index (χ3v) is 6.55. The lowest BCUT2D eigenvalue weighted by atomic mass is 10.1. The van der Waals surface area contributed by atoms with Crippen molar-refractivity contribution >= 4 is 38.6 Å². The van der Waals surface area contributed by atoms with Crippen LogP contribution in [0.25, 0.3) is 10.9 Å². The minimum absolute atomic E-state index is 0.148. The molecule has 5 rings (SSSR count). The summed E-state index contributed by atoms with van der Waals surface area (Å²) >= 11 is 3.42. The molecule has 0 unspecified atom stereocenters. The van der Waals surface area contributed by atoms with Crippen molar-refractivity contribution < 1.29 is 9.53 Å². The average Bonchev–Trinajstić information content (AvgIpc) is 2.87. The summed E-state index contributed by atoms with van der Waals surface area (Å²) in [7, 11) is 0. The fraction of sp³-hybridized carbons (Fsp3) is 0.240. The summed E-state index contributed by atoms with van der Waals surface area (Å²) in [6.45, 7) is 2.95. The zero-order valence-corrected chi connectivity index (χ0v) is 20.2. The van der Waals surface area contributed by atoms with Gasteiger partial charge in [-0.15, -0.1) is 0 Å². The molecule has 8 nitrogen and oxygen atoms in total. The van der Waals surface area contributed by atoms with Crippen molar-refractivity contribution in [3.05, 3.63) is 82.1 Å². The maximum atomic E-state index is 13.8. The van der Waals surface area contributed by atoms with E-state index in [1.165, 1.54) is 0 Å². The number of carbonyl (C=O) groups excluding carboxylic acids is 1. The van der Waals surface area contributed by atoms with Gasteiger partial charge in [0.1, 0.15) is 17.4 Å². The van der Waals surface area contributed by atoms with Gasteiger partial charge in [0.2, 0.25) is 0 Å². The highest BCUT2D eigenvalue weighted by molar-refractivity contribution is 9.10. The average molecular weight is 519 g/mol. The molecule has 1 atom stereocenters. The normalized spacial score (nSPS) is 13.7. The molecule has 0 saturated heterocycles. The second kappa shape index (κ2) is 9.34. The van der Waals surface area contributed by atoms with Gasteiger partial charge < -0.3 is 15.4 Å². The smallest absolute Gasteiger partial charge is 0.254 e. The fourth-order valence-corrected chi connectivity index (χ4v) is 4.42. The van der Waals surface area contributed by atoms with E-state index in [0.717, 1.165) is 40.8 Å². The molecule has 0 fully saturated rings. The fourth-order valence-electron chi connectivity index (χ4n) is 4.08. The standard InChI is InChI=1S/C25H23BrN6O2/c1-15(24-28-7-3-8-29-24)32(14-19-11-16-4-2-9-34-22(16)13-30-19)25(33)17-5-6-21-18(10-17)12-20(26)23(27)31-21/h3,5-8,10-13,15H,2,4,9,14H2,1H3,(H2,27,31)/t15-/m1/s1. The van der Waals surface area contributed by atoms with Crippen LogP contribution >= 0.6 is 15.9 Å². The van der Waals surface area contributed by atoms with Gasteiger partial charge in [-0.1, -0.05) is 0 Å². The summed E-state index contributed by atoms with van der Waals surface area (Å²) < 4.78 is 6.38. The molecule has 0 bridgehead atoms. The molecule has 0 spiro atoms. The van der Waals surface area contributed by atoms with E-state index in [-0.39, 0.29) is 11.9 Å². The molecule has 9 heteroatoms. The van der Waals surface area contributed by atoms with E-state index in [2.05, 4.69) is 35.9 Å². The molecule has 172 valence electrons. The maximum Gasteiger partial charge on any atom is 0.254 e. The molecule has 3 aromatic heterocycles. The van der Waals surface area contributed by atoms with Crippen LogP contribution in [0.5, 0.6) is 5.75 Å². The quantitative estimate of drug-likeness (QED) is 0.414. The topological polar surface area (TPSA) is 107 Å². The lowest BCUT2D eigenvalue weighted by Crippen LogP contribution is -2.34. The van der Waals surface area contributed by atoms with E-state index in [4.69, 9.17) is 10.5 Å². The molecule has 0 saturated carbocycles. The molecular formula is C25H23BrN6O2. The molecule has 34 heavy (non-hydrogen) atoms. The number of benzene rings is 1. The first-order chi connectivity index (χ1) is 16.5. The van der Waals surface area contributed by atoms with Crippen molar-refractivity contribution in [3.8, 4) is 5.75 Å². The summed E-state index contributed by atoms with van der Waals surface area (Å²) in [6, 6.07) is 10.7. The molecule has 1 aliphatic heterocycles. The van der Waals surface area contributed by atoms with Crippen LogP contribution in [0.1, 0.15) is 46.8 Å². The van der Waals surface area contributed by atoms with E-state index >= 15 is 0 Å². The Labute approximate surface area is 205 Å². The Morgan fingerprint density at radius 3 is 2.85 bits per heavy atom. The monoisotopic (exact) mass is 518 g/mol. The number of ether oxygens (including phenoxy) is 1. The molecule has 4 aromatic rings. The number of aryl methyl sites for hydroxylation is 1. The maximum absolute atomic E-state index is 13.8. The highest BCUT2D eigenvalue weighted by atomic mass is 79.9. The van der Waals surface area contributed by atoms with Gasteiger partial charge in [0.05, 0.1) is 41.1 Å². The lowest BCUT2D eigenvalue weighted by molar-refractivity contribution is 0.0663. The molecular weight excluding hydrogens is 496 g/mol. The number of carbonyl (C=O) groups is 1. The third kappa shape index (κ3) is 4.43. The number of amides is 1. The molecule has 2 N–H and O–H groups in total.